The molecule has 2 aliphatic heterocycles. The lowest BCUT2D eigenvalue weighted by Gasteiger charge is -2.26. The van der Waals surface area contributed by atoms with Gasteiger partial charge in [-0.3, -0.25) is 14.4 Å². The van der Waals surface area contributed by atoms with Crippen molar-refractivity contribution in [2.24, 2.45) is 0 Å². The van der Waals surface area contributed by atoms with Crippen LogP contribution >= 0.6 is 0 Å². The molecule has 0 spiro atoms. The number of hydrogen-bond acceptors (Lipinski definition) is 7. The standard InChI is InChI=1S/C25H23NO7/c27-19-14-18(16-6-7-20-22(13-16)33-15-32-20)25(29)17-3-1-4-21(24(17)19)31-10-2-5-23(28)26-8-11-30-12-9-26/h1,3-4,6-7,13-14H,2,5,8-12,15H2. The van der Waals surface area contributed by atoms with Gasteiger partial charge in [0.1, 0.15) is 5.75 Å². The van der Waals surface area contributed by atoms with E-state index >= 15 is 0 Å². The van der Waals surface area contributed by atoms with Gasteiger partial charge in [0.15, 0.2) is 23.1 Å². The minimum atomic E-state index is -0.294. The topological polar surface area (TPSA) is 91.4 Å². The number of ether oxygens (including phenoxy) is 4. The summed E-state index contributed by atoms with van der Waals surface area (Å²) in [6.07, 6.45) is 2.22. The molecule has 1 aliphatic carbocycles. The molecule has 0 saturated carbocycles. The molecular formula is C25H23NO7. The second-order valence-electron chi connectivity index (χ2n) is 7.94. The van der Waals surface area contributed by atoms with E-state index in [1.165, 1.54) is 6.08 Å². The molecule has 0 atom stereocenters. The van der Waals surface area contributed by atoms with E-state index in [2.05, 4.69) is 0 Å². The van der Waals surface area contributed by atoms with Gasteiger partial charge in [0.2, 0.25) is 12.7 Å². The zero-order chi connectivity index (χ0) is 22.8. The molecule has 170 valence electrons. The Balaban J connectivity index is 1.27. The maximum atomic E-state index is 13.2. The van der Waals surface area contributed by atoms with Crippen molar-refractivity contribution in [1.29, 1.82) is 0 Å². The molecule has 8 nitrogen and oxygen atoms in total. The van der Waals surface area contributed by atoms with Gasteiger partial charge in [-0.15, -0.1) is 0 Å². The molecule has 0 N–H and O–H groups in total. The molecule has 2 aromatic carbocycles. The largest absolute Gasteiger partial charge is 0.493 e. The van der Waals surface area contributed by atoms with Crippen molar-refractivity contribution in [2.45, 2.75) is 12.8 Å². The summed E-state index contributed by atoms with van der Waals surface area (Å²) >= 11 is 0. The van der Waals surface area contributed by atoms with E-state index in [9.17, 15) is 14.4 Å². The Labute approximate surface area is 190 Å². The third kappa shape index (κ3) is 4.21. The number of hydrogen-bond donors (Lipinski definition) is 0. The van der Waals surface area contributed by atoms with Crippen LogP contribution in [0.4, 0.5) is 0 Å². The van der Waals surface area contributed by atoms with E-state index in [4.69, 9.17) is 18.9 Å². The van der Waals surface area contributed by atoms with Gasteiger partial charge in [0, 0.05) is 30.6 Å². The van der Waals surface area contributed by atoms with Crippen LogP contribution < -0.4 is 14.2 Å². The van der Waals surface area contributed by atoms with Crippen molar-refractivity contribution in [3.8, 4) is 17.2 Å². The number of morpholine rings is 1. The summed E-state index contributed by atoms with van der Waals surface area (Å²) in [4.78, 5) is 40.2. The van der Waals surface area contributed by atoms with E-state index in [0.29, 0.717) is 73.1 Å². The zero-order valence-corrected chi connectivity index (χ0v) is 18.0. The van der Waals surface area contributed by atoms with Crippen LogP contribution in [0, 0.1) is 0 Å². The molecule has 0 bridgehead atoms. The molecule has 0 radical (unpaired) electrons. The quantitative estimate of drug-likeness (QED) is 0.626. The van der Waals surface area contributed by atoms with Gasteiger partial charge in [-0.2, -0.15) is 0 Å². The average Bonchev–Trinajstić information content (AvgIpc) is 3.32. The number of carbonyl (C=O) groups excluding carboxylic acids is 3. The molecule has 1 amide bonds. The van der Waals surface area contributed by atoms with Crippen LogP contribution in [0.5, 0.6) is 17.2 Å². The third-order valence-electron chi connectivity index (χ3n) is 5.88. The SMILES string of the molecule is O=C1C(c2ccc3c(c2)OCO3)=CC(=O)c2c(OCCCC(=O)N3CCOCC3)cccc21. The predicted octanol–water partition coefficient (Wildman–Crippen LogP) is 2.90. The minimum absolute atomic E-state index is 0.0690. The number of allylic oxidation sites excluding steroid dienone is 2. The summed E-state index contributed by atoms with van der Waals surface area (Å²) in [5.41, 5.74) is 1.46. The number of fused-ring (bicyclic) bond motifs is 2. The highest BCUT2D eigenvalue weighted by atomic mass is 16.7. The molecule has 5 rings (SSSR count). The zero-order valence-electron chi connectivity index (χ0n) is 18.0. The maximum absolute atomic E-state index is 13.2. The average molecular weight is 449 g/mol. The number of carbonyl (C=O) groups is 3. The second kappa shape index (κ2) is 9.07. The molecule has 0 aromatic heterocycles. The smallest absolute Gasteiger partial charge is 0.231 e. The Kier molecular flexibility index (Phi) is 5.83. The van der Waals surface area contributed by atoms with E-state index in [1.807, 2.05) is 0 Å². The van der Waals surface area contributed by atoms with Crippen LogP contribution in [0.2, 0.25) is 0 Å². The lowest BCUT2D eigenvalue weighted by Crippen LogP contribution is -2.40. The van der Waals surface area contributed by atoms with Crippen molar-refractivity contribution in [3.63, 3.8) is 0 Å². The molecule has 2 aromatic rings. The van der Waals surface area contributed by atoms with Crippen molar-refractivity contribution in [3.05, 3.63) is 59.2 Å². The first-order chi connectivity index (χ1) is 16.1. The normalized spacial score (nSPS) is 17.0. The summed E-state index contributed by atoms with van der Waals surface area (Å²) in [5, 5.41) is 0. The Morgan fingerprint density at radius 2 is 1.85 bits per heavy atom. The molecule has 33 heavy (non-hydrogen) atoms. The number of rotatable bonds is 6. The minimum Gasteiger partial charge on any atom is -0.493 e. The Hall–Kier alpha value is -3.65. The Bertz CT molecular complexity index is 1150. The van der Waals surface area contributed by atoms with E-state index in [0.717, 1.165) is 0 Å². The monoisotopic (exact) mass is 449 g/mol. The number of ketones is 2. The number of amides is 1. The summed E-state index contributed by atoms with van der Waals surface area (Å²) in [6.45, 7) is 2.76. The van der Waals surface area contributed by atoms with E-state index in [-0.39, 0.29) is 36.4 Å². The van der Waals surface area contributed by atoms with Gasteiger partial charge in [-0.25, -0.2) is 0 Å². The number of Topliss-reactive ketones (excluding diaryl/α,β-unsaturated/α-hetero) is 1. The van der Waals surface area contributed by atoms with Gasteiger partial charge in [0.05, 0.1) is 25.4 Å². The number of nitrogens with zero attached hydrogens (tertiary/aromatic N) is 1. The fourth-order valence-electron chi connectivity index (χ4n) is 4.16. The molecule has 3 aliphatic rings. The van der Waals surface area contributed by atoms with Crippen LogP contribution in [-0.2, 0) is 9.53 Å². The molecule has 1 fully saturated rings. The first-order valence-corrected chi connectivity index (χ1v) is 10.9. The fraction of sp³-hybridized carbons (Fsp3) is 0.320. The maximum Gasteiger partial charge on any atom is 0.231 e. The molecule has 8 heteroatoms. The Morgan fingerprint density at radius 3 is 2.70 bits per heavy atom. The summed E-state index contributed by atoms with van der Waals surface area (Å²) in [5.74, 6) is 1.03. The van der Waals surface area contributed by atoms with Crippen molar-refractivity contribution in [1.82, 2.24) is 4.90 Å². The van der Waals surface area contributed by atoms with Crippen LogP contribution in [-0.4, -0.2) is 62.1 Å². The van der Waals surface area contributed by atoms with Gasteiger partial charge in [0.25, 0.3) is 0 Å². The second-order valence-corrected chi connectivity index (χ2v) is 7.94. The lowest BCUT2D eigenvalue weighted by molar-refractivity contribution is -0.135. The van der Waals surface area contributed by atoms with Crippen LogP contribution in [0.1, 0.15) is 39.1 Å². The van der Waals surface area contributed by atoms with Crippen molar-refractivity contribution >= 4 is 23.0 Å². The molecule has 0 unspecified atom stereocenters. The predicted molar refractivity (Wildman–Crippen MR) is 118 cm³/mol. The highest BCUT2D eigenvalue weighted by Crippen LogP contribution is 2.38. The lowest BCUT2D eigenvalue weighted by atomic mass is 9.85. The van der Waals surface area contributed by atoms with Crippen molar-refractivity contribution in [2.75, 3.05) is 39.7 Å². The van der Waals surface area contributed by atoms with Gasteiger partial charge in [-0.05, 0) is 36.3 Å². The van der Waals surface area contributed by atoms with Crippen LogP contribution in [0.25, 0.3) is 5.57 Å². The molecular weight excluding hydrogens is 426 g/mol. The first kappa shape index (κ1) is 21.2. The van der Waals surface area contributed by atoms with Crippen LogP contribution in [0.15, 0.2) is 42.5 Å². The molecule has 1 saturated heterocycles. The summed E-state index contributed by atoms with van der Waals surface area (Å²) in [6, 6.07) is 10.2. The first-order valence-electron chi connectivity index (χ1n) is 10.9. The van der Waals surface area contributed by atoms with E-state index < -0.39 is 0 Å². The Morgan fingerprint density at radius 1 is 1.03 bits per heavy atom. The van der Waals surface area contributed by atoms with Gasteiger partial charge in [-0.1, -0.05) is 18.2 Å². The van der Waals surface area contributed by atoms with Gasteiger partial charge >= 0.3 is 0 Å². The van der Waals surface area contributed by atoms with Gasteiger partial charge < -0.3 is 23.8 Å². The highest BCUT2D eigenvalue weighted by Gasteiger charge is 2.30. The third-order valence-corrected chi connectivity index (χ3v) is 5.88. The molecule has 2 heterocycles. The van der Waals surface area contributed by atoms with Crippen LogP contribution in [0.3, 0.4) is 0 Å². The summed E-state index contributed by atoms with van der Waals surface area (Å²) < 4.78 is 21.8. The fourth-order valence-corrected chi connectivity index (χ4v) is 4.16. The van der Waals surface area contributed by atoms with Crippen molar-refractivity contribution < 1.29 is 33.3 Å². The highest BCUT2D eigenvalue weighted by molar-refractivity contribution is 6.39. The summed E-state index contributed by atoms with van der Waals surface area (Å²) in [7, 11) is 0. The van der Waals surface area contributed by atoms with E-state index in [1.54, 1.807) is 41.3 Å². The number of benzene rings is 2.